The van der Waals surface area contributed by atoms with E-state index in [1.807, 2.05) is 0 Å². The number of rotatable bonds is 1. The lowest BCUT2D eigenvalue weighted by atomic mass is 9.99. The standard InChI is InChI=1S/C6H12FNO4/c7-3-2(1-9)12-6(11)4(8)5(3)10/h2-6,9-11H,1,8H2/t2-,3-,4-,5+,6?/m1/s1. The largest absolute Gasteiger partial charge is 0.394 e. The van der Waals surface area contributed by atoms with E-state index in [4.69, 9.17) is 21.1 Å². The first-order valence-corrected chi connectivity index (χ1v) is 3.60. The fourth-order valence-electron chi connectivity index (χ4n) is 1.09. The van der Waals surface area contributed by atoms with E-state index in [0.717, 1.165) is 0 Å². The molecule has 1 heterocycles. The molecule has 0 amide bonds. The second kappa shape index (κ2) is 3.63. The molecule has 1 aliphatic heterocycles. The molecule has 1 unspecified atom stereocenters. The van der Waals surface area contributed by atoms with Crippen LogP contribution in [0.4, 0.5) is 4.39 Å². The zero-order valence-electron chi connectivity index (χ0n) is 6.30. The number of hydrogen-bond donors (Lipinski definition) is 4. The smallest absolute Gasteiger partial charge is 0.173 e. The van der Waals surface area contributed by atoms with Gasteiger partial charge in [0.05, 0.1) is 12.6 Å². The number of halogens is 1. The van der Waals surface area contributed by atoms with Crippen LogP contribution >= 0.6 is 0 Å². The summed E-state index contributed by atoms with van der Waals surface area (Å²) in [6, 6.07) is -1.16. The van der Waals surface area contributed by atoms with Crippen LogP contribution in [0.2, 0.25) is 0 Å². The Kier molecular flexibility index (Phi) is 2.97. The topological polar surface area (TPSA) is 95.9 Å². The van der Waals surface area contributed by atoms with Crippen LogP contribution in [0, 0.1) is 0 Å². The van der Waals surface area contributed by atoms with Crippen LogP contribution in [-0.2, 0) is 4.74 Å². The molecule has 0 aromatic heterocycles. The van der Waals surface area contributed by atoms with Crippen molar-refractivity contribution in [2.24, 2.45) is 5.73 Å². The second-order valence-electron chi connectivity index (χ2n) is 2.76. The Morgan fingerprint density at radius 1 is 1.42 bits per heavy atom. The highest BCUT2D eigenvalue weighted by Gasteiger charge is 2.42. The number of ether oxygens (including phenoxy) is 1. The molecule has 0 saturated carbocycles. The Balaban J connectivity index is 2.63. The fraction of sp³-hybridized carbons (Fsp3) is 1.00. The SMILES string of the molecule is N[C@H]1C(O)O[C@H](CO)[C@@H](F)[C@@H]1O. The summed E-state index contributed by atoms with van der Waals surface area (Å²) < 4.78 is 17.5. The van der Waals surface area contributed by atoms with Crippen molar-refractivity contribution in [3.8, 4) is 0 Å². The van der Waals surface area contributed by atoms with E-state index in [1.165, 1.54) is 0 Å². The maximum absolute atomic E-state index is 12.9. The minimum atomic E-state index is -1.76. The van der Waals surface area contributed by atoms with E-state index < -0.39 is 37.3 Å². The van der Waals surface area contributed by atoms with Crippen molar-refractivity contribution in [1.29, 1.82) is 0 Å². The lowest BCUT2D eigenvalue weighted by molar-refractivity contribution is -0.234. The molecule has 0 spiro atoms. The first-order chi connectivity index (χ1) is 5.57. The number of aliphatic hydroxyl groups excluding tert-OH is 3. The Hall–Kier alpha value is -0.270. The molecule has 1 saturated heterocycles. The molecule has 1 aliphatic rings. The Labute approximate surface area is 68.6 Å². The first-order valence-electron chi connectivity index (χ1n) is 3.60. The van der Waals surface area contributed by atoms with Crippen molar-refractivity contribution in [3.05, 3.63) is 0 Å². The van der Waals surface area contributed by atoms with Gasteiger partial charge in [0.15, 0.2) is 12.5 Å². The Morgan fingerprint density at radius 3 is 2.50 bits per heavy atom. The van der Waals surface area contributed by atoms with E-state index in [0.29, 0.717) is 0 Å². The van der Waals surface area contributed by atoms with Crippen LogP contribution in [0.3, 0.4) is 0 Å². The molecule has 0 aromatic rings. The fourth-order valence-corrected chi connectivity index (χ4v) is 1.09. The molecule has 0 bridgehead atoms. The highest BCUT2D eigenvalue weighted by molar-refractivity contribution is 4.90. The van der Waals surface area contributed by atoms with Crippen LogP contribution in [0.1, 0.15) is 0 Å². The summed E-state index contributed by atoms with van der Waals surface area (Å²) in [6.07, 6.45) is -5.88. The maximum atomic E-state index is 12.9. The summed E-state index contributed by atoms with van der Waals surface area (Å²) in [5.41, 5.74) is 5.18. The van der Waals surface area contributed by atoms with Gasteiger partial charge in [0.25, 0.3) is 0 Å². The highest BCUT2D eigenvalue weighted by atomic mass is 19.1. The van der Waals surface area contributed by atoms with Gasteiger partial charge in [0.1, 0.15) is 12.2 Å². The van der Waals surface area contributed by atoms with Crippen molar-refractivity contribution >= 4 is 0 Å². The molecule has 0 aliphatic carbocycles. The summed E-state index contributed by atoms with van der Waals surface area (Å²) in [6.45, 7) is -0.595. The number of alkyl halides is 1. The van der Waals surface area contributed by atoms with E-state index in [9.17, 15) is 4.39 Å². The van der Waals surface area contributed by atoms with Crippen molar-refractivity contribution in [3.63, 3.8) is 0 Å². The van der Waals surface area contributed by atoms with Crippen LogP contribution in [0.5, 0.6) is 0 Å². The Morgan fingerprint density at radius 2 is 2.00 bits per heavy atom. The summed E-state index contributed by atoms with van der Waals surface area (Å²) in [7, 11) is 0. The van der Waals surface area contributed by atoms with Crippen LogP contribution in [0.15, 0.2) is 0 Å². The zero-order valence-corrected chi connectivity index (χ0v) is 6.30. The van der Waals surface area contributed by atoms with Crippen molar-refractivity contribution in [2.75, 3.05) is 6.61 Å². The predicted octanol–water partition coefficient (Wildman–Crippen LogP) is -2.28. The number of hydrogen-bond acceptors (Lipinski definition) is 5. The molecule has 5 atom stereocenters. The van der Waals surface area contributed by atoms with Gasteiger partial charge in [-0.2, -0.15) is 0 Å². The van der Waals surface area contributed by atoms with Crippen LogP contribution in [0.25, 0.3) is 0 Å². The average Bonchev–Trinajstić information content (AvgIpc) is 2.08. The van der Waals surface area contributed by atoms with Crippen molar-refractivity contribution in [2.45, 2.75) is 30.7 Å². The monoisotopic (exact) mass is 181 g/mol. The highest BCUT2D eigenvalue weighted by Crippen LogP contribution is 2.20. The third-order valence-electron chi connectivity index (χ3n) is 1.90. The molecule has 0 radical (unpaired) electrons. The van der Waals surface area contributed by atoms with Gasteiger partial charge in [-0.05, 0) is 0 Å². The lowest BCUT2D eigenvalue weighted by Crippen LogP contribution is -2.60. The number of nitrogens with two attached hydrogens (primary N) is 1. The van der Waals surface area contributed by atoms with Gasteiger partial charge in [-0.1, -0.05) is 0 Å². The van der Waals surface area contributed by atoms with Crippen LogP contribution < -0.4 is 5.73 Å². The quantitative estimate of drug-likeness (QED) is 0.365. The van der Waals surface area contributed by atoms with Gasteiger partial charge >= 0.3 is 0 Å². The van der Waals surface area contributed by atoms with Crippen LogP contribution in [-0.4, -0.2) is 52.6 Å². The second-order valence-corrected chi connectivity index (χ2v) is 2.76. The summed E-state index contributed by atoms with van der Waals surface area (Å²) in [5.74, 6) is 0. The van der Waals surface area contributed by atoms with Gasteiger partial charge in [-0.15, -0.1) is 0 Å². The first kappa shape index (κ1) is 9.82. The van der Waals surface area contributed by atoms with E-state index in [2.05, 4.69) is 4.74 Å². The summed E-state index contributed by atoms with van der Waals surface area (Å²) in [4.78, 5) is 0. The van der Waals surface area contributed by atoms with E-state index in [-0.39, 0.29) is 0 Å². The zero-order chi connectivity index (χ0) is 9.30. The minimum absolute atomic E-state index is 0.595. The molecular weight excluding hydrogens is 169 g/mol. The summed E-state index contributed by atoms with van der Waals surface area (Å²) in [5, 5.41) is 26.6. The molecule has 5 N–H and O–H groups in total. The van der Waals surface area contributed by atoms with Gasteiger partial charge in [-0.25, -0.2) is 4.39 Å². The summed E-state index contributed by atoms with van der Waals surface area (Å²) >= 11 is 0. The molecule has 5 nitrogen and oxygen atoms in total. The minimum Gasteiger partial charge on any atom is -0.394 e. The third kappa shape index (κ3) is 1.57. The van der Waals surface area contributed by atoms with Crippen molar-refractivity contribution < 1.29 is 24.4 Å². The lowest BCUT2D eigenvalue weighted by Gasteiger charge is -2.36. The number of aliphatic hydroxyl groups is 3. The average molecular weight is 181 g/mol. The molecule has 72 valence electrons. The maximum Gasteiger partial charge on any atom is 0.173 e. The van der Waals surface area contributed by atoms with Gasteiger partial charge in [0, 0.05) is 0 Å². The van der Waals surface area contributed by atoms with Gasteiger partial charge in [-0.3, -0.25) is 0 Å². The molecule has 0 aromatic carbocycles. The Bertz CT molecular complexity index is 154. The molecule has 1 rings (SSSR count). The molecule has 6 heteroatoms. The normalized spacial score (nSPS) is 49.2. The van der Waals surface area contributed by atoms with Gasteiger partial charge in [0.2, 0.25) is 0 Å². The van der Waals surface area contributed by atoms with E-state index >= 15 is 0 Å². The third-order valence-corrected chi connectivity index (χ3v) is 1.90. The van der Waals surface area contributed by atoms with Gasteiger partial charge < -0.3 is 25.8 Å². The molecule has 12 heavy (non-hydrogen) atoms. The molecular formula is C6H12FNO4. The van der Waals surface area contributed by atoms with E-state index in [1.54, 1.807) is 0 Å². The predicted molar refractivity (Wildman–Crippen MR) is 36.8 cm³/mol. The van der Waals surface area contributed by atoms with Crippen molar-refractivity contribution in [1.82, 2.24) is 0 Å². The molecule has 1 fully saturated rings.